The van der Waals surface area contributed by atoms with Gasteiger partial charge in [-0.2, -0.15) is 0 Å². The second-order valence-corrected chi connectivity index (χ2v) is 9.19. The van der Waals surface area contributed by atoms with E-state index in [4.69, 9.17) is 14.0 Å². The van der Waals surface area contributed by atoms with Crippen molar-refractivity contribution in [2.24, 2.45) is 0 Å². The molecule has 0 fully saturated rings. The summed E-state index contributed by atoms with van der Waals surface area (Å²) in [6, 6.07) is 12.5. The predicted molar refractivity (Wildman–Crippen MR) is 121 cm³/mol. The highest BCUT2D eigenvalue weighted by atomic mass is 32.2. The maximum atomic E-state index is 13.0. The summed E-state index contributed by atoms with van der Waals surface area (Å²) >= 11 is 0. The first-order chi connectivity index (χ1) is 15.7. The summed E-state index contributed by atoms with van der Waals surface area (Å²) in [5.41, 5.74) is 1.98. The van der Waals surface area contributed by atoms with E-state index in [-0.39, 0.29) is 23.7 Å². The molecule has 1 amide bonds. The number of ether oxygens (including phenoxy) is 2. The average Bonchev–Trinajstić information content (AvgIpc) is 3.24. The van der Waals surface area contributed by atoms with Crippen LogP contribution >= 0.6 is 0 Å². The molecule has 1 heterocycles. The first-order valence-corrected chi connectivity index (χ1v) is 11.8. The number of anilines is 1. The smallest absolute Gasteiger partial charge is 0.338 e. The SMILES string of the molecule is CCOC(=O)c1ccc(NC(=O)CCS(=O)(=O)c2cc(-c3cc(C)no3)ccc2OC)cc1. The average molecular weight is 473 g/mol. The lowest BCUT2D eigenvalue weighted by Crippen LogP contribution is -2.18. The highest BCUT2D eigenvalue weighted by Crippen LogP contribution is 2.31. The van der Waals surface area contributed by atoms with Gasteiger partial charge in [-0.1, -0.05) is 5.16 Å². The van der Waals surface area contributed by atoms with Gasteiger partial charge in [0, 0.05) is 23.7 Å². The quantitative estimate of drug-likeness (QED) is 0.468. The zero-order valence-electron chi connectivity index (χ0n) is 18.5. The summed E-state index contributed by atoms with van der Waals surface area (Å²) in [6.07, 6.45) is -0.267. The van der Waals surface area contributed by atoms with E-state index in [1.165, 1.54) is 31.4 Å². The lowest BCUT2D eigenvalue weighted by molar-refractivity contribution is -0.115. The Hall–Kier alpha value is -3.66. The van der Waals surface area contributed by atoms with Crippen molar-refractivity contribution >= 4 is 27.4 Å². The van der Waals surface area contributed by atoms with Crippen LogP contribution < -0.4 is 10.1 Å². The first kappa shape index (κ1) is 24.0. The van der Waals surface area contributed by atoms with Gasteiger partial charge >= 0.3 is 5.97 Å². The molecule has 174 valence electrons. The second-order valence-electron chi connectivity index (χ2n) is 7.11. The van der Waals surface area contributed by atoms with E-state index in [0.29, 0.717) is 28.3 Å². The summed E-state index contributed by atoms with van der Waals surface area (Å²) in [5.74, 6) is -0.767. The number of carbonyl (C=O) groups excluding carboxylic acids is 2. The van der Waals surface area contributed by atoms with Crippen LogP contribution in [0.1, 0.15) is 29.4 Å². The normalized spacial score (nSPS) is 11.1. The zero-order valence-corrected chi connectivity index (χ0v) is 19.3. The summed E-state index contributed by atoms with van der Waals surface area (Å²) in [7, 11) is -2.47. The fraction of sp³-hybridized carbons (Fsp3) is 0.261. The molecule has 1 aromatic heterocycles. The van der Waals surface area contributed by atoms with Crippen molar-refractivity contribution in [3.63, 3.8) is 0 Å². The fourth-order valence-electron chi connectivity index (χ4n) is 3.04. The van der Waals surface area contributed by atoms with E-state index in [2.05, 4.69) is 10.5 Å². The number of nitrogens with zero attached hydrogens (tertiary/aromatic N) is 1. The van der Waals surface area contributed by atoms with E-state index < -0.39 is 27.5 Å². The number of esters is 1. The molecule has 0 aliphatic rings. The molecule has 10 heteroatoms. The van der Waals surface area contributed by atoms with Crippen molar-refractivity contribution in [2.45, 2.75) is 25.2 Å². The highest BCUT2D eigenvalue weighted by Gasteiger charge is 2.23. The van der Waals surface area contributed by atoms with E-state index in [0.717, 1.165) is 0 Å². The Bertz CT molecular complexity index is 1250. The molecule has 3 aromatic rings. The number of sulfone groups is 1. The topological polar surface area (TPSA) is 125 Å². The number of aryl methyl sites for hydroxylation is 1. The molecule has 2 aromatic carbocycles. The van der Waals surface area contributed by atoms with E-state index >= 15 is 0 Å². The summed E-state index contributed by atoms with van der Waals surface area (Å²) in [4.78, 5) is 24.0. The van der Waals surface area contributed by atoms with Gasteiger partial charge in [0.2, 0.25) is 5.91 Å². The minimum absolute atomic E-state index is 0.0388. The van der Waals surface area contributed by atoms with Crippen molar-refractivity contribution in [2.75, 3.05) is 24.8 Å². The van der Waals surface area contributed by atoms with Crippen LogP contribution in [0.3, 0.4) is 0 Å². The van der Waals surface area contributed by atoms with Crippen LogP contribution in [-0.2, 0) is 19.4 Å². The molecule has 0 spiro atoms. The number of hydrogen-bond acceptors (Lipinski definition) is 8. The van der Waals surface area contributed by atoms with Gasteiger partial charge in [-0.25, -0.2) is 13.2 Å². The summed E-state index contributed by atoms with van der Waals surface area (Å²) < 4.78 is 41.3. The fourth-order valence-corrected chi connectivity index (χ4v) is 4.48. The van der Waals surface area contributed by atoms with Gasteiger partial charge < -0.3 is 19.3 Å². The third-order valence-corrected chi connectivity index (χ3v) is 6.42. The largest absolute Gasteiger partial charge is 0.495 e. The molecule has 0 atom stereocenters. The van der Waals surface area contributed by atoms with Crippen LogP contribution in [0.15, 0.2) is 57.9 Å². The number of benzene rings is 2. The molecule has 0 saturated heterocycles. The Labute approximate surface area is 191 Å². The number of rotatable bonds is 9. The zero-order chi connectivity index (χ0) is 24.0. The van der Waals surface area contributed by atoms with Crippen LogP contribution in [-0.4, -0.2) is 44.9 Å². The van der Waals surface area contributed by atoms with Gasteiger partial charge in [0.1, 0.15) is 10.6 Å². The van der Waals surface area contributed by atoms with Gasteiger partial charge in [0.25, 0.3) is 0 Å². The Morgan fingerprint density at radius 2 is 1.82 bits per heavy atom. The number of carbonyl (C=O) groups is 2. The van der Waals surface area contributed by atoms with Crippen LogP contribution in [0, 0.1) is 6.92 Å². The summed E-state index contributed by atoms with van der Waals surface area (Å²) in [6.45, 7) is 3.73. The van der Waals surface area contributed by atoms with Crippen LogP contribution in [0.2, 0.25) is 0 Å². The molecule has 3 rings (SSSR count). The van der Waals surface area contributed by atoms with E-state index in [1.54, 1.807) is 38.1 Å². The molecular weight excluding hydrogens is 448 g/mol. The Kier molecular flexibility index (Phi) is 7.49. The molecule has 0 aliphatic heterocycles. The number of hydrogen-bond donors (Lipinski definition) is 1. The van der Waals surface area contributed by atoms with Gasteiger partial charge in [0.15, 0.2) is 15.6 Å². The van der Waals surface area contributed by atoms with E-state index in [9.17, 15) is 18.0 Å². The molecule has 33 heavy (non-hydrogen) atoms. The Balaban J connectivity index is 1.69. The van der Waals surface area contributed by atoms with Crippen molar-refractivity contribution in [3.8, 4) is 17.1 Å². The Morgan fingerprint density at radius 3 is 2.42 bits per heavy atom. The monoisotopic (exact) mass is 472 g/mol. The van der Waals surface area contributed by atoms with Crippen LogP contribution in [0.25, 0.3) is 11.3 Å². The number of aromatic nitrogens is 1. The third kappa shape index (κ3) is 5.98. The van der Waals surface area contributed by atoms with Crippen molar-refractivity contribution < 1.29 is 32.0 Å². The number of nitrogens with one attached hydrogen (secondary N) is 1. The maximum Gasteiger partial charge on any atom is 0.338 e. The Morgan fingerprint density at radius 1 is 1.09 bits per heavy atom. The molecule has 0 saturated carbocycles. The van der Waals surface area contributed by atoms with Crippen LogP contribution in [0.4, 0.5) is 5.69 Å². The summed E-state index contributed by atoms with van der Waals surface area (Å²) in [5, 5.41) is 6.44. The third-order valence-electron chi connectivity index (χ3n) is 4.69. The van der Waals surface area contributed by atoms with Gasteiger partial charge in [0.05, 0.1) is 30.7 Å². The second kappa shape index (κ2) is 10.3. The number of methoxy groups -OCH3 is 1. The molecule has 0 radical (unpaired) electrons. The molecular formula is C23H24N2O7S. The van der Waals surface area contributed by atoms with Crippen molar-refractivity contribution in [3.05, 3.63) is 59.8 Å². The van der Waals surface area contributed by atoms with Gasteiger partial charge in [-0.05, 0) is 56.3 Å². The molecule has 9 nitrogen and oxygen atoms in total. The predicted octanol–water partition coefficient (Wildman–Crippen LogP) is 3.64. The molecule has 0 bridgehead atoms. The highest BCUT2D eigenvalue weighted by molar-refractivity contribution is 7.91. The van der Waals surface area contributed by atoms with Crippen molar-refractivity contribution in [1.29, 1.82) is 0 Å². The van der Waals surface area contributed by atoms with Crippen molar-refractivity contribution in [1.82, 2.24) is 5.16 Å². The molecule has 1 N–H and O–H groups in total. The minimum Gasteiger partial charge on any atom is -0.495 e. The minimum atomic E-state index is -3.85. The number of amides is 1. The lowest BCUT2D eigenvalue weighted by Gasteiger charge is -2.11. The van der Waals surface area contributed by atoms with E-state index in [1.807, 2.05) is 0 Å². The standard InChI is InChI=1S/C23H24N2O7S/c1-4-31-23(27)16-5-8-18(9-6-16)24-22(26)11-12-33(28,29)21-14-17(7-10-19(21)30-3)20-13-15(2)25-32-20/h5-10,13-14H,4,11-12H2,1-3H3,(H,24,26). The first-order valence-electron chi connectivity index (χ1n) is 10.1. The lowest BCUT2D eigenvalue weighted by atomic mass is 10.1. The van der Waals surface area contributed by atoms with Gasteiger partial charge in [-0.3, -0.25) is 4.79 Å². The van der Waals surface area contributed by atoms with Crippen LogP contribution in [0.5, 0.6) is 5.75 Å². The molecule has 0 unspecified atom stereocenters. The van der Waals surface area contributed by atoms with Gasteiger partial charge in [-0.15, -0.1) is 0 Å². The maximum absolute atomic E-state index is 13.0. The molecule has 0 aliphatic carbocycles.